The van der Waals surface area contributed by atoms with Gasteiger partial charge in [-0.15, -0.1) is 0 Å². The minimum Gasteiger partial charge on any atom is -0.481 e. The average Bonchev–Trinajstić information content (AvgIpc) is 2.89. The summed E-state index contributed by atoms with van der Waals surface area (Å²) in [4.78, 5) is 10.6. The molecule has 1 aromatic carbocycles. The molecule has 0 aliphatic heterocycles. The van der Waals surface area contributed by atoms with E-state index in [0.29, 0.717) is 12.1 Å². The minimum absolute atomic E-state index is 0.0270. The Morgan fingerprint density at radius 1 is 1.20 bits per heavy atom. The average molecular weight is 311 g/mol. The largest absolute Gasteiger partial charge is 0.481 e. The Morgan fingerprint density at radius 3 is 2.45 bits per heavy atom. The van der Waals surface area contributed by atoms with Gasteiger partial charge in [-0.2, -0.15) is 11.3 Å². The fourth-order valence-corrected chi connectivity index (χ4v) is 3.34. The second-order valence-electron chi connectivity index (χ2n) is 4.16. The first kappa shape index (κ1) is 14.5. The van der Waals surface area contributed by atoms with Gasteiger partial charge in [0, 0.05) is 11.8 Å². The molecule has 2 aromatic rings. The van der Waals surface area contributed by atoms with Gasteiger partial charge >= 0.3 is 5.97 Å². The molecule has 0 atom stereocenters. The van der Waals surface area contributed by atoms with Gasteiger partial charge in [0.05, 0.1) is 10.6 Å². The Morgan fingerprint density at radius 2 is 1.90 bits per heavy atom. The van der Waals surface area contributed by atoms with Crippen LogP contribution in [0.4, 0.5) is 5.69 Å². The van der Waals surface area contributed by atoms with E-state index >= 15 is 0 Å². The van der Waals surface area contributed by atoms with Crippen LogP contribution in [0.1, 0.15) is 12.0 Å². The molecule has 0 unspecified atom stereocenters. The van der Waals surface area contributed by atoms with Gasteiger partial charge in [0.2, 0.25) is 0 Å². The van der Waals surface area contributed by atoms with Crippen molar-refractivity contribution in [2.24, 2.45) is 0 Å². The van der Waals surface area contributed by atoms with Crippen LogP contribution < -0.4 is 4.72 Å². The fourth-order valence-electron chi connectivity index (χ4n) is 1.62. The number of thiophene rings is 1. The highest BCUT2D eigenvalue weighted by Crippen LogP contribution is 2.19. The number of nitrogens with one attached hydrogen (secondary N) is 1. The molecular weight excluding hydrogens is 298 g/mol. The van der Waals surface area contributed by atoms with E-state index in [2.05, 4.69) is 4.72 Å². The van der Waals surface area contributed by atoms with E-state index in [1.165, 1.54) is 23.5 Å². The van der Waals surface area contributed by atoms with Gasteiger partial charge in [-0.25, -0.2) is 8.42 Å². The van der Waals surface area contributed by atoms with Gasteiger partial charge in [0.25, 0.3) is 10.0 Å². The van der Waals surface area contributed by atoms with Crippen LogP contribution in [0.3, 0.4) is 0 Å². The quantitative estimate of drug-likeness (QED) is 0.859. The molecule has 0 spiro atoms. The Kier molecular flexibility index (Phi) is 4.41. The molecule has 5 nitrogen and oxygen atoms in total. The van der Waals surface area contributed by atoms with Crippen molar-refractivity contribution in [3.63, 3.8) is 0 Å². The minimum atomic E-state index is -3.59. The molecule has 0 bridgehead atoms. The number of hydrogen-bond acceptors (Lipinski definition) is 4. The molecule has 0 amide bonds. The smallest absolute Gasteiger partial charge is 0.303 e. The predicted molar refractivity (Wildman–Crippen MR) is 77.5 cm³/mol. The molecule has 2 rings (SSSR count). The van der Waals surface area contributed by atoms with Crippen LogP contribution in [-0.4, -0.2) is 19.5 Å². The molecule has 7 heteroatoms. The number of hydrogen-bond donors (Lipinski definition) is 2. The highest BCUT2D eigenvalue weighted by atomic mass is 32.2. The summed E-state index contributed by atoms with van der Waals surface area (Å²) >= 11 is 1.40. The number of anilines is 1. The van der Waals surface area contributed by atoms with Gasteiger partial charge in [0.1, 0.15) is 0 Å². The zero-order chi connectivity index (χ0) is 14.6. The standard InChI is InChI=1S/C13H13NO4S2/c15-13(16)6-3-10-1-4-12(5-2-10)20(17,18)14-11-7-8-19-9-11/h1-2,4-5,7-9,14H,3,6H2,(H,15,16). The number of aliphatic carboxylic acids is 1. The number of benzene rings is 1. The molecule has 0 radical (unpaired) electrons. The summed E-state index contributed by atoms with van der Waals surface area (Å²) < 4.78 is 26.6. The lowest BCUT2D eigenvalue weighted by Crippen LogP contribution is -2.12. The summed E-state index contributed by atoms with van der Waals surface area (Å²) in [6, 6.07) is 7.90. The van der Waals surface area contributed by atoms with Gasteiger partial charge in [0.15, 0.2) is 0 Å². The normalized spacial score (nSPS) is 11.2. The number of rotatable bonds is 6. The first-order chi connectivity index (χ1) is 9.47. The van der Waals surface area contributed by atoms with E-state index < -0.39 is 16.0 Å². The van der Waals surface area contributed by atoms with Gasteiger partial charge in [-0.1, -0.05) is 12.1 Å². The van der Waals surface area contributed by atoms with E-state index in [9.17, 15) is 13.2 Å². The maximum atomic E-state index is 12.1. The van der Waals surface area contributed by atoms with Crippen molar-refractivity contribution in [1.82, 2.24) is 0 Å². The van der Waals surface area contributed by atoms with Crippen molar-refractivity contribution in [3.05, 3.63) is 46.7 Å². The molecular formula is C13H13NO4S2. The molecule has 0 aliphatic carbocycles. The number of sulfonamides is 1. The van der Waals surface area contributed by atoms with Crippen molar-refractivity contribution in [1.29, 1.82) is 0 Å². The molecule has 0 saturated carbocycles. The third-order valence-electron chi connectivity index (χ3n) is 2.63. The van der Waals surface area contributed by atoms with E-state index in [4.69, 9.17) is 5.11 Å². The summed E-state index contributed by atoms with van der Waals surface area (Å²) in [6.45, 7) is 0. The zero-order valence-electron chi connectivity index (χ0n) is 10.4. The molecule has 106 valence electrons. The van der Waals surface area contributed by atoms with Crippen LogP contribution in [-0.2, 0) is 21.2 Å². The Balaban J connectivity index is 2.10. The summed E-state index contributed by atoms with van der Waals surface area (Å²) in [6.07, 6.45) is 0.410. The maximum Gasteiger partial charge on any atom is 0.303 e. The van der Waals surface area contributed by atoms with Crippen molar-refractivity contribution in [3.8, 4) is 0 Å². The first-order valence-electron chi connectivity index (χ1n) is 5.83. The highest BCUT2D eigenvalue weighted by Gasteiger charge is 2.14. The van der Waals surface area contributed by atoms with Crippen molar-refractivity contribution in [2.75, 3.05) is 4.72 Å². The molecule has 1 aromatic heterocycles. The topological polar surface area (TPSA) is 83.5 Å². The zero-order valence-corrected chi connectivity index (χ0v) is 12.1. The summed E-state index contributed by atoms with van der Waals surface area (Å²) in [7, 11) is -3.59. The molecule has 2 N–H and O–H groups in total. The van der Waals surface area contributed by atoms with E-state index in [1.54, 1.807) is 29.0 Å². The monoisotopic (exact) mass is 311 g/mol. The maximum absolute atomic E-state index is 12.1. The molecule has 1 heterocycles. The lowest BCUT2D eigenvalue weighted by molar-refractivity contribution is -0.136. The Hall–Kier alpha value is -1.86. The van der Waals surface area contributed by atoms with Crippen LogP contribution in [0.15, 0.2) is 46.0 Å². The fraction of sp³-hybridized carbons (Fsp3) is 0.154. The van der Waals surface area contributed by atoms with Crippen LogP contribution >= 0.6 is 11.3 Å². The third-order valence-corrected chi connectivity index (χ3v) is 4.72. The SMILES string of the molecule is O=C(O)CCc1ccc(S(=O)(=O)Nc2ccsc2)cc1. The lowest BCUT2D eigenvalue weighted by Gasteiger charge is -2.07. The first-order valence-corrected chi connectivity index (χ1v) is 8.26. The second-order valence-corrected chi connectivity index (χ2v) is 6.62. The molecule has 0 fully saturated rings. The molecule has 20 heavy (non-hydrogen) atoms. The van der Waals surface area contributed by atoms with E-state index in [1.807, 2.05) is 0 Å². The summed E-state index contributed by atoms with van der Waals surface area (Å²) in [5.74, 6) is -0.874. The second kappa shape index (κ2) is 6.06. The predicted octanol–water partition coefficient (Wildman–Crippen LogP) is 2.57. The van der Waals surface area contributed by atoms with E-state index in [0.717, 1.165) is 5.56 Å². The van der Waals surface area contributed by atoms with Crippen LogP contribution in [0.25, 0.3) is 0 Å². The number of carboxylic acids is 1. The Labute approximate surface area is 120 Å². The van der Waals surface area contributed by atoms with Crippen molar-refractivity contribution < 1.29 is 18.3 Å². The van der Waals surface area contributed by atoms with Gasteiger partial charge in [-0.05, 0) is 35.6 Å². The molecule has 0 aliphatic rings. The van der Waals surface area contributed by atoms with Gasteiger partial charge in [-0.3, -0.25) is 9.52 Å². The number of carboxylic acid groups (broad SMARTS) is 1. The molecule has 0 saturated heterocycles. The van der Waals surface area contributed by atoms with Gasteiger partial charge < -0.3 is 5.11 Å². The number of aryl methyl sites for hydroxylation is 1. The van der Waals surface area contributed by atoms with Crippen molar-refractivity contribution >= 4 is 33.0 Å². The van der Waals surface area contributed by atoms with Crippen LogP contribution in [0, 0.1) is 0 Å². The summed E-state index contributed by atoms with van der Waals surface area (Å²) in [5.41, 5.74) is 1.33. The summed E-state index contributed by atoms with van der Waals surface area (Å²) in [5, 5.41) is 12.1. The van der Waals surface area contributed by atoms with Crippen molar-refractivity contribution in [2.45, 2.75) is 17.7 Å². The Bertz CT molecular complexity index is 676. The number of carbonyl (C=O) groups is 1. The van der Waals surface area contributed by atoms with E-state index in [-0.39, 0.29) is 11.3 Å². The third kappa shape index (κ3) is 3.82. The van der Waals surface area contributed by atoms with Crippen LogP contribution in [0.5, 0.6) is 0 Å². The lowest BCUT2D eigenvalue weighted by atomic mass is 10.1. The highest BCUT2D eigenvalue weighted by molar-refractivity contribution is 7.92. The van der Waals surface area contributed by atoms with Crippen LogP contribution in [0.2, 0.25) is 0 Å².